The number of hydrogen-bond acceptors (Lipinski definition) is 3. The molecule has 0 fully saturated rings. The maximum absolute atomic E-state index is 13.8. The summed E-state index contributed by atoms with van der Waals surface area (Å²) in [7, 11) is 3.40. The standard InChI is InChI=1S/C20H24F2N4O/c1-4-9-26-18-8-6-15(11-16(18)19(24-26)20(27)25(2)3)23-12-13-10-14(21)5-7-17(13)22/h4-5,7,10,15,23H,1,6,8-9,11-12H2,2-3H3/t15-/m0/s1. The molecule has 1 amide bonds. The highest BCUT2D eigenvalue weighted by Crippen LogP contribution is 2.26. The van der Waals surface area contributed by atoms with Crippen LogP contribution >= 0.6 is 0 Å². The quantitative estimate of drug-likeness (QED) is 0.791. The Labute approximate surface area is 157 Å². The van der Waals surface area contributed by atoms with Gasteiger partial charge in [-0.1, -0.05) is 6.08 Å². The van der Waals surface area contributed by atoms with Crippen molar-refractivity contribution in [2.75, 3.05) is 14.1 Å². The summed E-state index contributed by atoms with van der Waals surface area (Å²) in [6.45, 7) is 4.54. The summed E-state index contributed by atoms with van der Waals surface area (Å²) in [6.07, 6.45) is 3.98. The van der Waals surface area contributed by atoms with E-state index >= 15 is 0 Å². The highest BCUT2D eigenvalue weighted by molar-refractivity contribution is 5.93. The molecule has 5 nitrogen and oxygen atoms in total. The fourth-order valence-corrected chi connectivity index (χ4v) is 3.45. The third-order valence-corrected chi connectivity index (χ3v) is 4.85. The Morgan fingerprint density at radius 2 is 2.22 bits per heavy atom. The topological polar surface area (TPSA) is 50.2 Å². The van der Waals surface area contributed by atoms with Crippen molar-refractivity contribution >= 4 is 5.91 Å². The van der Waals surface area contributed by atoms with E-state index in [2.05, 4.69) is 17.0 Å². The van der Waals surface area contributed by atoms with Gasteiger partial charge >= 0.3 is 0 Å². The van der Waals surface area contributed by atoms with Gasteiger partial charge in [-0.3, -0.25) is 9.48 Å². The molecule has 0 spiro atoms. The molecule has 2 aromatic rings. The summed E-state index contributed by atoms with van der Waals surface area (Å²) in [6, 6.07) is 3.52. The molecule has 1 aliphatic carbocycles. The van der Waals surface area contributed by atoms with E-state index in [9.17, 15) is 13.6 Å². The molecule has 0 unspecified atom stereocenters. The van der Waals surface area contributed by atoms with Crippen molar-refractivity contribution in [1.82, 2.24) is 20.0 Å². The van der Waals surface area contributed by atoms with Gasteiger partial charge < -0.3 is 10.2 Å². The number of carbonyl (C=O) groups is 1. The Hall–Kier alpha value is -2.54. The largest absolute Gasteiger partial charge is 0.343 e. The molecule has 0 radical (unpaired) electrons. The van der Waals surface area contributed by atoms with Crippen LogP contribution in [0.15, 0.2) is 30.9 Å². The van der Waals surface area contributed by atoms with E-state index < -0.39 is 11.6 Å². The zero-order chi connectivity index (χ0) is 19.6. The summed E-state index contributed by atoms with van der Waals surface area (Å²) in [5.74, 6) is -1.02. The first-order chi connectivity index (χ1) is 12.9. The second-order valence-corrected chi connectivity index (χ2v) is 7.00. The summed E-state index contributed by atoms with van der Waals surface area (Å²) in [5.41, 5.74) is 2.74. The van der Waals surface area contributed by atoms with Crippen LogP contribution in [0.2, 0.25) is 0 Å². The van der Waals surface area contributed by atoms with Crippen molar-refractivity contribution in [2.24, 2.45) is 0 Å². The Balaban J connectivity index is 1.79. The lowest BCUT2D eigenvalue weighted by atomic mass is 9.91. The van der Waals surface area contributed by atoms with Gasteiger partial charge in [0.05, 0.1) is 6.54 Å². The number of nitrogens with one attached hydrogen (secondary N) is 1. The van der Waals surface area contributed by atoms with Crippen LogP contribution in [0, 0.1) is 11.6 Å². The molecule has 1 atom stereocenters. The molecule has 7 heteroatoms. The minimum absolute atomic E-state index is 0.0651. The van der Waals surface area contributed by atoms with Crippen molar-refractivity contribution in [3.63, 3.8) is 0 Å². The number of nitrogens with zero attached hydrogens (tertiary/aromatic N) is 3. The van der Waals surface area contributed by atoms with Gasteiger partial charge in [0.25, 0.3) is 5.91 Å². The molecule has 1 heterocycles. The summed E-state index contributed by atoms with van der Waals surface area (Å²) in [4.78, 5) is 14.0. The van der Waals surface area contributed by atoms with Gasteiger partial charge in [0.15, 0.2) is 5.69 Å². The molecule has 0 saturated heterocycles. The Morgan fingerprint density at radius 3 is 2.93 bits per heavy atom. The van der Waals surface area contributed by atoms with Gasteiger partial charge in [-0.05, 0) is 37.5 Å². The normalized spacial score (nSPS) is 16.1. The van der Waals surface area contributed by atoms with E-state index in [1.165, 1.54) is 11.0 Å². The molecule has 0 aliphatic heterocycles. The van der Waals surface area contributed by atoms with Gasteiger partial charge in [-0.2, -0.15) is 5.10 Å². The SMILES string of the molecule is C=CCn1nc(C(=O)N(C)C)c2c1CC[C@H](NCc1cc(F)ccc1F)C2. The Bertz CT molecular complexity index is 860. The minimum Gasteiger partial charge on any atom is -0.343 e. The molecule has 0 bridgehead atoms. The predicted molar refractivity (Wildman–Crippen MR) is 99.5 cm³/mol. The Kier molecular flexibility index (Phi) is 5.70. The number of allylic oxidation sites excluding steroid dienone is 1. The predicted octanol–water partition coefficient (Wildman–Crippen LogP) is 2.70. The second kappa shape index (κ2) is 8.00. The number of carbonyl (C=O) groups excluding carboxylic acids is 1. The zero-order valence-electron chi connectivity index (χ0n) is 15.6. The fourth-order valence-electron chi connectivity index (χ4n) is 3.45. The zero-order valence-corrected chi connectivity index (χ0v) is 15.6. The lowest BCUT2D eigenvalue weighted by Crippen LogP contribution is -2.35. The summed E-state index contributed by atoms with van der Waals surface area (Å²) < 4.78 is 29.0. The van der Waals surface area contributed by atoms with Crippen LogP contribution < -0.4 is 5.32 Å². The van der Waals surface area contributed by atoms with Gasteiger partial charge in [-0.25, -0.2) is 8.78 Å². The first kappa shape index (κ1) is 19.2. The first-order valence-corrected chi connectivity index (χ1v) is 8.99. The van der Waals surface area contributed by atoms with Gasteiger partial charge in [-0.15, -0.1) is 6.58 Å². The average Bonchev–Trinajstić information content (AvgIpc) is 3.00. The lowest BCUT2D eigenvalue weighted by Gasteiger charge is -2.25. The number of halogens is 2. The molecule has 144 valence electrons. The monoisotopic (exact) mass is 374 g/mol. The maximum Gasteiger partial charge on any atom is 0.274 e. The van der Waals surface area contributed by atoms with Crippen molar-refractivity contribution < 1.29 is 13.6 Å². The smallest absolute Gasteiger partial charge is 0.274 e. The van der Waals surface area contributed by atoms with Crippen LogP contribution in [0.1, 0.15) is 33.7 Å². The highest BCUT2D eigenvalue weighted by Gasteiger charge is 2.29. The van der Waals surface area contributed by atoms with Crippen LogP contribution in [0.25, 0.3) is 0 Å². The number of aromatic nitrogens is 2. The molecule has 1 aliphatic rings. The van der Waals surface area contributed by atoms with Gasteiger partial charge in [0.2, 0.25) is 0 Å². The summed E-state index contributed by atoms with van der Waals surface area (Å²) in [5, 5.41) is 7.79. The van der Waals surface area contributed by atoms with E-state index in [4.69, 9.17) is 0 Å². The van der Waals surface area contributed by atoms with Crippen molar-refractivity contribution in [1.29, 1.82) is 0 Å². The first-order valence-electron chi connectivity index (χ1n) is 8.99. The third kappa shape index (κ3) is 4.08. The number of rotatable bonds is 6. The minimum atomic E-state index is -0.455. The molecule has 1 aromatic carbocycles. The third-order valence-electron chi connectivity index (χ3n) is 4.85. The number of amides is 1. The number of hydrogen-bond donors (Lipinski definition) is 1. The van der Waals surface area contributed by atoms with Crippen molar-refractivity contribution in [2.45, 2.75) is 38.4 Å². The molecule has 1 aromatic heterocycles. The second-order valence-electron chi connectivity index (χ2n) is 7.00. The number of benzene rings is 1. The average molecular weight is 374 g/mol. The molecule has 0 saturated carbocycles. The molecule has 1 N–H and O–H groups in total. The van der Waals surface area contributed by atoms with Crippen LogP contribution in [0.5, 0.6) is 0 Å². The van der Waals surface area contributed by atoms with E-state index in [-0.39, 0.29) is 18.5 Å². The van der Waals surface area contributed by atoms with Crippen molar-refractivity contribution in [3.8, 4) is 0 Å². The van der Waals surface area contributed by atoms with Crippen LogP contribution in [-0.2, 0) is 25.9 Å². The van der Waals surface area contributed by atoms with E-state index in [0.717, 1.165) is 36.2 Å². The molecule has 3 rings (SSSR count). The van der Waals surface area contributed by atoms with Crippen LogP contribution in [0.3, 0.4) is 0 Å². The van der Waals surface area contributed by atoms with E-state index in [1.54, 1.807) is 20.2 Å². The van der Waals surface area contributed by atoms with Crippen LogP contribution in [0.4, 0.5) is 8.78 Å². The highest BCUT2D eigenvalue weighted by atomic mass is 19.1. The number of fused-ring (bicyclic) bond motifs is 1. The van der Waals surface area contributed by atoms with Gasteiger partial charge in [0.1, 0.15) is 11.6 Å². The molecular formula is C20H24F2N4O. The Morgan fingerprint density at radius 1 is 1.44 bits per heavy atom. The van der Waals surface area contributed by atoms with Crippen LogP contribution in [-0.4, -0.2) is 40.7 Å². The lowest BCUT2D eigenvalue weighted by molar-refractivity contribution is 0.0820. The van der Waals surface area contributed by atoms with E-state index in [0.29, 0.717) is 24.2 Å². The summed E-state index contributed by atoms with van der Waals surface area (Å²) >= 11 is 0. The fraction of sp³-hybridized carbons (Fsp3) is 0.400. The molecular weight excluding hydrogens is 350 g/mol. The van der Waals surface area contributed by atoms with E-state index in [1.807, 2.05) is 4.68 Å². The molecule has 27 heavy (non-hydrogen) atoms. The van der Waals surface area contributed by atoms with Crippen molar-refractivity contribution in [3.05, 3.63) is 65.0 Å². The van der Waals surface area contributed by atoms with Gasteiger partial charge in [0, 0.05) is 43.5 Å². The maximum atomic E-state index is 13.8.